The van der Waals surface area contributed by atoms with Crippen LogP contribution in [0.5, 0.6) is 0 Å². The Kier molecular flexibility index (Phi) is 4.07. The smallest absolute Gasteiger partial charge is 0.138 e. The molecule has 3 aliphatic rings. The lowest BCUT2D eigenvalue weighted by Crippen LogP contribution is -2.52. The first-order valence-corrected chi connectivity index (χ1v) is 8.95. The second-order valence-corrected chi connectivity index (χ2v) is 7.25. The summed E-state index contributed by atoms with van der Waals surface area (Å²) in [5.74, 6) is 1.63. The number of amidine groups is 1. The monoisotopic (exact) mass is 335 g/mol. The highest BCUT2D eigenvalue weighted by Gasteiger charge is 2.32. The number of fused-ring (bicyclic) bond motifs is 2. The molecular weight excluding hydrogens is 310 g/mol. The van der Waals surface area contributed by atoms with Crippen molar-refractivity contribution in [2.24, 2.45) is 10.9 Å². The van der Waals surface area contributed by atoms with E-state index in [2.05, 4.69) is 71.6 Å². The van der Waals surface area contributed by atoms with Gasteiger partial charge in [-0.2, -0.15) is 0 Å². The Balaban J connectivity index is 1.73. The summed E-state index contributed by atoms with van der Waals surface area (Å²) in [7, 11) is 2.15. The van der Waals surface area contributed by atoms with Crippen molar-refractivity contribution in [1.29, 1.82) is 0 Å². The average molecular weight is 335 g/mol. The summed E-state index contributed by atoms with van der Waals surface area (Å²) in [6, 6.07) is 2.08. The van der Waals surface area contributed by atoms with Crippen molar-refractivity contribution in [2.45, 2.75) is 33.0 Å². The van der Waals surface area contributed by atoms with Crippen LogP contribution in [-0.4, -0.2) is 40.4 Å². The predicted molar refractivity (Wildman–Crippen MR) is 102 cm³/mol. The minimum Gasteiger partial charge on any atom is -0.385 e. The molecule has 1 atom stereocenters. The molecule has 130 valence electrons. The maximum absolute atomic E-state index is 4.82. The number of hydrogen-bond donors (Lipinski definition) is 1. The quantitative estimate of drug-likeness (QED) is 0.922. The van der Waals surface area contributed by atoms with Gasteiger partial charge in [-0.3, -0.25) is 4.98 Å². The number of nitrogens with zero attached hydrogens (tertiary/aromatic N) is 4. The van der Waals surface area contributed by atoms with E-state index in [1.807, 2.05) is 12.4 Å². The minimum atomic E-state index is 0.245. The molecule has 0 aromatic carbocycles. The van der Waals surface area contributed by atoms with Gasteiger partial charge in [-0.1, -0.05) is 19.9 Å². The molecule has 0 amide bonds. The third kappa shape index (κ3) is 2.84. The summed E-state index contributed by atoms with van der Waals surface area (Å²) in [5, 5.41) is 3.23. The molecule has 0 aliphatic carbocycles. The molecule has 1 N–H and O–H groups in total. The van der Waals surface area contributed by atoms with E-state index in [9.17, 15) is 0 Å². The molecule has 4 rings (SSSR count). The molecule has 0 bridgehead atoms. The van der Waals surface area contributed by atoms with Gasteiger partial charge in [-0.05, 0) is 42.5 Å². The van der Waals surface area contributed by atoms with Gasteiger partial charge in [0.15, 0.2) is 0 Å². The molecule has 0 spiro atoms. The van der Waals surface area contributed by atoms with Crippen LogP contribution in [0.15, 0.2) is 47.5 Å². The van der Waals surface area contributed by atoms with Gasteiger partial charge >= 0.3 is 0 Å². The van der Waals surface area contributed by atoms with Gasteiger partial charge in [0.2, 0.25) is 0 Å². The van der Waals surface area contributed by atoms with Gasteiger partial charge < -0.3 is 15.1 Å². The molecule has 5 heteroatoms. The van der Waals surface area contributed by atoms with Crippen LogP contribution >= 0.6 is 0 Å². The number of pyridine rings is 1. The number of hydrogen-bond acceptors (Lipinski definition) is 5. The lowest BCUT2D eigenvalue weighted by molar-refractivity contribution is 0.164. The Morgan fingerprint density at radius 2 is 2.24 bits per heavy atom. The second-order valence-electron chi connectivity index (χ2n) is 7.25. The van der Waals surface area contributed by atoms with Crippen LogP contribution < -0.4 is 5.32 Å². The molecule has 1 aromatic rings. The summed E-state index contributed by atoms with van der Waals surface area (Å²) in [5.41, 5.74) is 4.76. The molecule has 4 heterocycles. The molecule has 1 aromatic heterocycles. The van der Waals surface area contributed by atoms with Crippen molar-refractivity contribution >= 4 is 11.9 Å². The second kappa shape index (κ2) is 6.39. The Bertz CT molecular complexity index is 787. The van der Waals surface area contributed by atoms with Crippen LogP contribution in [0.2, 0.25) is 0 Å². The van der Waals surface area contributed by atoms with Gasteiger partial charge in [-0.15, -0.1) is 0 Å². The lowest BCUT2D eigenvalue weighted by atomic mass is 9.98. The summed E-state index contributed by atoms with van der Waals surface area (Å²) < 4.78 is 0. The average Bonchev–Trinajstić information content (AvgIpc) is 2.61. The molecule has 5 nitrogen and oxygen atoms in total. The maximum Gasteiger partial charge on any atom is 0.138 e. The first-order chi connectivity index (χ1) is 12.1. The summed E-state index contributed by atoms with van der Waals surface area (Å²) in [6.07, 6.45) is 13.7. The highest BCUT2D eigenvalue weighted by atomic mass is 15.4. The fourth-order valence-corrected chi connectivity index (χ4v) is 3.84. The highest BCUT2D eigenvalue weighted by Crippen LogP contribution is 2.30. The highest BCUT2D eigenvalue weighted by molar-refractivity contribution is 6.03. The normalized spacial score (nSPS) is 21.5. The molecule has 1 unspecified atom stereocenters. The predicted octanol–water partition coefficient (Wildman–Crippen LogP) is 2.93. The Morgan fingerprint density at radius 3 is 3.08 bits per heavy atom. The van der Waals surface area contributed by atoms with Crippen LogP contribution in [0.1, 0.15) is 37.1 Å². The van der Waals surface area contributed by atoms with Crippen molar-refractivity contribution < 1.29 is 0 Å². The van der Waals surface area contributed by atoms with Crippen LogP contribution in [-0.2, 0) is 6.54 Å². The van der Waals surface area contributed by atoms with E-state index in [-0.39, 0.29) is 6.17 Å². The number of aliphatic imine (C=N–C) groups is 1. The van der Waals surface area contributed by atoms with E-state index in [0.717, 1.165) is 36.6 Å². The van der Waals surface area contributed by atoms with Crippen molar-refractivity contribution in [1.82, 2.24) is 20.1 Å². The molecule has 25 heavy (non-hydrogen) atoms. The summed E-state index contributed by atoms with van der Waals surface area (Å²) in [4.78, 5) is 14.1. The minimum absolute atomic E-state index is 0.245. The molecule has 0 fully saturated rings. The number of nitrogens with one attached hydrogen (secondary N) is 1. The number of likely N-dealkylation sites (N-methyl/N-ethyl adjacent to an activating group) is 1. The fraction of sp³-hybridized carbons (Fsp3) is 0.400. The molecule has 0 saturated carbocycles. The van der Waals surface area contributed by atoms with Crippen LogP contribution in [0.4, 0.5) is 0 Å². The molecule has 3 aliphatic heterocycles. The lowest BCUT2D eigenvalue weighted by Gasteiger charge is -2.44. The maximum atomic E-state index is 4.82. The Morgan fingerprint density at radius 1 is 1.36 bits per heavy atom. The molecular formula is C20H25N5. The zero-order valence-electron chi connectivity index (χ0n) is 15.1. The van der Waals surface area contributed by atoms with Crippen LogP contribution in [0.25, 0.3) is 6.08 Å². The van der Waals surface area contributed by atoms with E-state index in [1.54, 1.807) is 0 Å². The number of aromatic nitrogens is 1. The topological polar surface area (TPSA) is 43.8 Å². The van der Waals surface area contributed by atoms with E-state index in [4.69, 9.17) is 4.99 Å². The number of allylic oxidation sites excluding steroid dienone is 1. The van der Waals surface area contributed by atoms with Gasteiger partial charge in [-0.25, -0.2) is 4.99 Å². The van der Waals surface area contributed by atoms with E-state index < -0.39 is 0 Å². The van der Waals surface area contributed by atoms with E-state index >= 15 is 0 Å². The van der Waals surface area contributed by atoms with Gasteiger partial charge in [0.25, 0.3) is 0 Å². The van der Waals surface area contributed by atoms with Crippen molar-refractivity contribution in [3.63, 3.8) is 0 Å². The van der Waals surface area contributed by atoms with Gasteiger partial charge in [0, 0.05) is 37.1 Å². The zero-order chi connectivity index (χ0) is 17.4. The van der Waals surface area contributed by atoms with Crippen molar-refractivity contribution in [3.05, 3.63) is 59.3 Å². The number of rotatable bonds is 3. The third-order valence-corrected chi connectivity index (χ3v) is 4.88. The van der Waals surface area contributed by atoms with E-state index in [1.165, 1.54) is 11.1 Å². The fourth-order valence-electron chi connectivity index (χ4n) is 3.84. The summed E-state index contributed by atoms with van der Waals surface area (Å²) in [6.45, 7) is 6.33. The van der Waals surface area contributed by atoms with Crippen molar-refractivity contribution in [2.75, 3.05) is 13.6 Å². The zero-order valence-corrected chi connectivity index (χ0v) is 15.1. The van der Waals surface area contributed by atoms with E-state index in [0.29, 0.717) is 5.92 Å². The Labute approximate surface area is 149 Å². The third-order valence-electron chi connectivity index (χ3n) is 4.88. The van der Waals surface area contributed by atoms with Crippen LogP contribution in [0, 0.1) is 5.92 Å². The summed E-state index contributed by atoms with van der Waals surface area (Å²) >= 11 is 0. The molecule has 0 radical (unpaired) electrons. The first-order valence-electron chi connectivity index (χ1n) is 8.95. The van der Waals surface area contributed by atoms with Gasteiger partial charge in [0.05, 0.1) is 12.2 Å². The van der Waals surface area contributed by atoms with Crippen LogP contribution in [0.3, 0.4) is 0 Å². The Hall–Kier alpha value is -2.56. The van der Waals surface area contributed by atoms with Crippen molar-refractivity contribution in [3.8, 4) is 0 Å². The SMILES string of the molecule is CC(C)CN1C=CCC2=CN=C(c3ccnc4c3C=CNC4)N(C)C21. The first kappa shape index (κ1) is 15.9. The van der Waals surface area contributed by atoms with Gasteiger partial charge in [0.1, 0.15) is 12.0 Å². The largest absolute Gasteiger partial charge is 0.385 e. The standard InChI is InChI=1S/C20H25N5/c1-14(2)13-25-10-4-5-15-11-23-19(24(3)20(15)25)17-7-9-22-18-12-21-8-6-16(17)18/h4,6-11,14,20-21H,5,12-13H2,1-3H3. The molecule has 0 saturated heterocycles.